The summed E-state index contributed by atoms with van der Waals surface area (Å²) in [4.78, 5) is 30.3. The van der Waals surface area contributed by atoms with Gasteiger partial charge >= 0.3 is 0 Å². The zero-order chi connectivity index (χ0) is 34.1. The van der Waals surface area contributed by atoms with E-state index in [1.807, 2.05) is 43.3 Å². The molecule has 1 aliphatic rings. The molecule has 5 rings (SSSR count). The predicted octanol–water partition coefficient (Wildman–Crippen LogP) is 7.40. The standard InChI is InChI=1S/C37H39BrClN3O5S/c1-2-47-33-19-17-32(18-20-33)42(48(45,46)34-21-15-29(38)16-22-34)26-36(43)41(25-28-11-8-12-30(39)23-28)35(24-27-9-4-3-5-10-27)37(44)40-31-13-6-7-14-31/h3-5,8-12,15-23,31,35H,2,6-7,13-14,24-26H2,1H3,(H,40,44)/t35-/m1/s1. The third kappa shape index (κ3) is 9.18. The zero-order valence-electron chi connectivity index (χ0n) is 26.7. The Morgan fingerprint density at radius 1 is 0.917 bits per heavy atom. The van der Waals surface area contributed by atoms with Crippen LogP contribution in [-0.2, 0) is 32.6 Å². The largest absolute Gasteiger partial charge is 0.494 e. The highest BCUT2D eigenvalue weighted by atomic mass is 79.9. The quantitative estimate of drug-likeness (QED) is 0.145. The van der Waals surface area contributed by atoms with Gasteiger partial charge in [-0.1, -0.05) is 82.8 Å². The van der Waals surface area contributed by atoms with Crippen molar-refractivity contribution in [2.24, 2.45) is 0 Å². The van der Waals surface area contributed by atoms with Crippen molar-refractivity contribution in [3.05, 3.63) is 124 Å². The average Bonchev–Trinajstić information content (AvgIpc) is 3.59. The van der Waals surface area contributed by atoms with Crippen molar-refractivity contribution in [2.45, 2.75) is 62.6 Å². The van der Waals surface area contributed by atoms with Crippen LogP contribution in [-0.4, -0.2) is 50.4 Å². The minimum absolute atomic E-state index is 0.0218. The number of hydrogen-bond donors (Lipinski definition) is 1. The molecule has 1 saturated carbocycles. The maximum atomic E-state index is 14.7. The number of nitrogens with one attached hydrogen (secondary N) is 1. The highest BCUT2D eigenvalue weighted by Gasteiger charge is 2.35. The molecule has 4 aromatic rings. The summed E-state index contributed by atoms with van der Waals surface area (Å²) in [5.41, 5.74) is 1.87. The number of hydrogen-bond acceptors (Lipinski definition) is 5. The third-order valence-corrected chi connectivity index (χ3v) is 10.9. The first-order chi connectivity index (χ1) is 23.1. The Hall–Kier alpha value is -3.86. The molecule has 0 aliphatic heterocycles. The molecule has 0 bridgehead atoms. The Kier molecular flexibility index (Phi) is 12.2. The lowest BCUT2D eigenvalue weighted by molar-refractivity contribution is -0.140. The van der Waals surface area contributed by atoms with Gasteiger partial charge in [0.15, 0.2) is 0 Å². The van der Waals surface area contributed by atoms with Crippen LogP contribution in [0.15, 0.2) is 112 Å². The Morgan fingerprint density at radius 2 is 1.58 bits per heavy atom. The number of carbonyl (C=O) groups is 2. The molecule has 252 valence electrons. The summed E-state index contributed by atoms with van der Waals surface area (Å²) < 4.78 is 35.9. The third-order valence-electron chi connectivity index (χ3n) is 8.33. The van der Waals surface area contributed by atoms with Gasteiger partial charge in [-0.2, -0.15) is 0 Å². The van der Waals surface area contributed by atoms with Crippen LogP contribution in [0.3, 0.4) is 0 Å². The molecule has 0 aromatic heterocycles. The van der Waals surface area contributed by atoms with Gasteiger partial charge in [-0.3, -0.25) is 13.9 Å². The molecule has 1 atom stereocenters. The summed E-state index contributed by atoms with van der Waals surface area (Å²) in [7, 11) is -4.23. The lowest BCUT2D eigenvalue weighted by Crippen LogP contribution is -2.54. The Labute approximate surface area is 296 Å². The minimum atomic E-state index is -4.23. The molecule has 1 N–H and O–H groups in total. The summed E-state index contributed by atoms with van der Waals surface area (Å²) in [6.07, 6.45) is 4.06. The number of anilines is 1. The summed E-state index contributed by atoms with van der Waals surface area (Å²) >= 11 is 9.72. The molecule has 0 radical (unpaired) electrons. The smallest absolute Gasteiger partial charge is 0.264 e. The predicted molar refractivity (Wildman–Crippen MR) is 193 cm³/mol. The second kappa shape index (κ2) is 16.5. The molecule has 2 amide bonds. The number of sulfonamides is 1. The van der Waals surface area contributed by atoms with Gasteiger partial charge < -0.3 is 15.0 Å². The number of nitrogens with zero attached hydrogens (tertiary/aromatic N) is 2. The Balaban J connectivity index is 1.56. The molecular formula is C37H39BrClN3O5S. The van der Waals surface area contributed by atoms with E-state index in [1.54, 1.807) is 54.6 Å². The Bertz CT molecular complexity index is 1780. The molecule has 8 nitrogen and oxygen atoms in total. The number of benzene rings is 4. The fraction of sp³-hybridized carbons (Fsp3) is 0.297. The first-order valence-electron chi connectivity index (χ1n) is 16.0. The van der Waals surface area contributed by atoms with Crippen molar-refractivity contribution in [2.75, 3.05) is 17.5 Å². The molecule has 0 unspecified atom stereocenters. The maximum Gasteiger partial charge on any atom is 0.264 e. The average molecular weight is 753 g/mol. The van der Waals surface area contributed by atoms with Crippen molar-refractivity contribution >= 4 is 55.1 Å². The van der Waals surface area contributed by atoms with Gasteiger partial charge in [0.05, 0.1) is 17.2 Å². The minimum Gasteiger partial charge on any atom is -0.494 e. The van der Waals surface area contributed by atoms with Gasteiger partial charge in [0, 0.05) is 28.5 Å². The molecule has 48 heavy (non-hydrogen) atoms. The van der Waals surface area contributed by atoms with E-state index >= 15 is 0 Å². The van der Waals surface area contributed by atoms with Crippen LogP contribution >= 0.6 is 27.5 Å². The van der Waals surface area contributed by atoms with Gasteiger partial charge in [-0.25, -0.2) is 8.42 Å². The van der Waals surface area contributed by atoms with Crippen LogP contribution in [0.4, 0.5) is 5.69 Å². The maximum absolute atomic E-state index is 14.7. The first-order valence-corrected chi connectivity index (χ1v) is 18.6. The number of rotatable bonds is 14. The Morgan fingerprint density at radius 3 is 2.23 bits per heavy atom. The van der Waals surface area contributed by atoms with Crippen LogP contribution < -0.4 is 14.4 Å². The number of amides is 2. The summed E-state index contributed by atoms with van der Waals surface area (Å²) in [6, 6.07) is 28.6. The highest BCUT2D eigenvalue weighted by Crippen LogP contribution is 2.28. The van der Waals surface area contributed by atoms with Crippen LogP contribution in [0, 0.1) is 0 Å². The molecule has 0 heterocycles. The zero-order valence-corrected chi connectivity index (χ0v) is 29.9. The van der Waals surface area contributed by atoms with E-state index in [9.17, 15) is 18.0 Å². The molecular weight excluding hydrogens is 714 g/mol. The molecule has 1 fully saturated rings. The van der Waals surface area contributed by atoms with Crippen LogP contribution in [0.5, 0.6) is 5.75 Å². The van der Waals surface area contributed by atoms with Gasteiger partial charge in [0.1, 0.15) is 18.3 Å². The molecule has 11 heteroatoms. The van der Waals surface area contributed by atoms with E-state index in [0.29, 0.717) is 22.9 Å². The topological polar surface area (TPSA) is 96.0 Å². The van der Waals surface area contributed by atoms with Crippen LogP contribution in [0.25, 0.3) is 0 Å². The van der Waals surface area contributed by atoms with Crippen LogP contribution in [0.2, 0.25) is 5.02 Å². The van der Waals surface area contributed by atoms with Gasteiger partial charge in [-0.05, 0) is 91.6 Å². The lowest BCUT2D eigenvalue weighted by Gasteiger charge is -2.34. The summed E-state index contributed by atoms with van der Waals surface area (Å²) in [6.45, 7) is 1.81. The second-order valence-corrected chi connectivity index (χ2v) is 15.0. The highest BCUT2D eigenvalue weighted by molar-refractivity contribution is 9.10. The summed E-state index contributed by atoms with van der Waals surface area (Å²) in [5.74, 6) is -0.237. The second-order valence-electron chi connectivity index (χ2n) is 11.7. The number of halogens is 2. The fourth-order valence-corrected chi connectivity index (χ4v) is 7.78. The summed E-state index contributed by atoms with van der Waals surface area (Å²) in [5, 5.41) is 3.68. The van der Waals surface area contributed by atoms with Gasteiger partial charge in [-0.15, -0.1) is 0 Å². The van der Waals surface area contributed by atoms with E-state index < -0.39 is 28.5 Å². The SMILES string of the molecule is CCOc1ccc(N(CC(=O)N(Cc2cccc(Cl)c2)[C@H](Cc2ccccc2)C(=O)NC2CCCC2)S(=O)(=O)c2ccc(Br)cc2)cc1. The lowest BCUT2D eigenvalue weighted by atomic mass is 10.0. The molecule has 0 saturated heterocycles. The van der Waals surface area contributed by atoms with Crippen LogP contribution in [0.1, 0.15) is 43.7 Å². The van der Waals surface area contributed by atoms with E-state index in [0.717, 1.165) is 40.0 Å². The van der Waals surface area contributed by atoms with Gasteiger partial charge in [0.25, 0.3) is 10.0 Å². The van der Waals surface area contributed by atoms with Crippen molar-refractivity contribution in [1.29, 1.82) is 0 Å². The van der Waals surface area contributed by atoms with Gasteiger partial charge in [0.2, 0.25) is 11.8 Å². The van der Waals surface area contributed by atoms with E-state index in [2.05, 4.69) is 21.2 Å². The monoisotopic (exact) mass is 751 g/mol. The fourth-order valence-electron chi connectivity index (χ4n) is 5.89. The first kappa shape index (κ1) is 35.4. The van der Waals surface area contributed by atoms with Crippen molar-refractivity contribution in [3.8, 4) is 5.75 Å². The number of ether oxygens (including phenoxy) is 1. The molecule has 0 spiro atoms. The number of carbonyl (C=O) groups excluding carboxylic acids is 2. The molecule has 1 aliphatic carbocycles. The van der Waals surface area contributed by atoms with Crippen molar-refractivity contribution in [3.63, 3.8) is 0 Å². The molecule has 4 aromatic carbocycles. The van der Waals surface area contributed by atoms with Crippen molar-refractivity contribution in [1.82, 2.24) is 10.2 Å². The van der Waals surface area contributed by atoms with E-state index in [-0.39, 0.29) is 35.5 Å². The normalized spacial score (nSPS) is 13.9. The van der Waals surface area contributed by atoms with E-state index in [4.69, 9.17) is 16.3 Å². The van der Waals surface area contributed by atoms with Crippen molar-refractivity contribution < 1.29 is 22.7 Å². The van der Waals surface area contributed by atoms with E-state index in [1.165, 1.54) is 17.0 Å².